The number of carbonyl (C=O) groups is 1. The molecule has 5 rings (SSSR count). The zero-order chi connectivity index (χ0) is 19.3. The number of aromatic nitrogens is 1. The summed E-state index contributed by atoms with van der Waals surface area (Å²) >= 11 is 0. The van der Waals surface area contributed by atoms with Gasteiger partial charge < -0.3 is 9.88 Å². The van der Waals surface area contributed by atoms with Gasteiger partial charge in [0.05, 0.1) is 5.54 Å². The fraction of sp³-hybridized carbons (Fsp3) is 0.375. The second-order valence-electron chi connectivity index (χ2n) is 8.39. The minimum absolute atomic E-state index is 0.00991. The largest absolute Gasteiger partial charge is 0.357 e. The lowest BCUT2D eigenvalue weighted by molar-refractivity contribution is 0.0231. The molecule has 0 saturated carbocycles. The molecule has 1 saturated heterocycles. The minimum Gasteiger partial charge on any atom is -0.357 e. The van der Waals surface area contributed by atoms with Crippen LogP contribution in [0.1, 0.15) is 40.0 Å². The molecule has 3 aromatic rings. The third-order valence-electron chi connectivity index (χ3n) is 6.85. The fourth-order valence-corrected chi connectivity index (χ4v) is 5.21. The van der Waals surface area contributed by atoms with Gasteiger partial charge in [0, 0.05) is 41.8 Å². The van der Waals surface area contributed by atoms with Gasteiger partial charge in [0.1, 0.15) is 0 Å². The van der Waals surface area contributed by atoms with Crippen LogP contribution in [0.15, 0.2) is 48.5 Å². The van der Waals surface area contributed by atoms with E-state index in [1.807, 2.05) is 36.1 Å². The van der Waals surface area contributed by atoms with Crippen molar-refractivity contribution in [1.29, 1.82) is 0 Å². The van der Waals surface area contributed by atoms with Crippen LogP contribution in [-0.4, -0.2) is 47.4 Å². The maximum Gasteiger partial charge on any atom is 0.253 e. The molecule has 4 heteroatoms. The molecular weight excluding hydrogens is 346 g/mol. The SMILES string of the molecule is Cc1cccc(C(=O)N2CCC3(CC2)c2[nH]c4ccccc4c2CCN3C)c1. The Bertz CT molecular complexity index is 1040. The molecule has 1 aromatic heterocycles. The van der Waals surface area contributed by atoms with Crippen molar-refractivity contribution in [1.82, 2.24) is 14.8 Å². The molecule has 144 valence electrons. The number of aryl methyl sites for hydroxylation is 1. The number of hydrogen-bond donors (Lipinski definition) is 1. The number of nitrogens with one attached hydrogen (secondary N) is 1. The van der Waals surface area contributed by atoms with Gasteiger partial charge in [-0.2, -0.15) is 0 Å². The number of aromatic amines is 1. The van der Waals surface area contributed by atoms with E-state index in [1.54, 1.807) is 0 Å². The molecule has 3 heterocycles. The summed E-state index contributed by atoms with van der Waals surface area (Å²) in [6.07, 6.45) is 3.03. The van der Waals surface area contributed by atoms with Crippen LogP contribution in [0.4, 0.5) is 0 Å². The number of para-hydroxylation sites is 1. The summed E-state index contributed by atoms with van der Waals surface area (Å²) in [5, 5.41) is 1.36. The molecule has 2 aromatic carbocycles. The summed E-state index contributed by atoms with van der Waals surface area (Å²) in [4.78, 5) is 21.3. The van der Waals surface area contributed by atoms with Crippen LogP contribution in [0.3, 0.4) is 0 Å². The Kier molecular flexibility index (Phi) is 4.06. The number of benzene rings is 2. The van der Waals surface area contributed by atoms with Gasteiger partial charge >= 0.3 is 0 Å². The normalized spacial score (nSPS) is 19.1. The molecule has 0 bridgehead atoms. The maximum absolute atomic E-state index is 13.0. The van der Waals surface area contributed by atoms with Crippen LogP contribution in [0.2, 0.25) is 0 Å². The second-order valence-corrected chi connectivity index (χ2v) is 8.39. The molecule has 0 radical (unpaired) electrons. The van der Waals surface area contributed by atoms with Crippen molar-refractivity contribution in [2.75, 3.05) is 26.7 Å². The van der Waals surface area contributed by atoms with Gasteiger partial charge in [0.25, 0.3) is 5.91 Å². The van der Waals surface area contributed by atoms with E-state index in [4.69, 9.17) is 0 Å². The number of likely N-dealkylation sites (N-methyl/N-ethyl adjacent to an activating group) is 1. The lowest BCUT2D eigenvalue weighted by Gasteiger charge is -2.49. The molecule has 0 atom stereocenters. The van der Waals surface area contributed by atoms with Crippen LogP contribution in [0.5, 0.6) is 0 Å². The Hall–Kier alpha value is -2.59. The summed E-state index contributed by atoms with van der Waals surface area (Å²) in [6, 6.07) is 16.6. The average molecular weight is 374 g/mol. The standard InChI is InChI=1S/C24H27N3O/c1-17-6-5-7-18(16-17)23(28)27-14-11-24(12-15-27)22-20(10-13-26(24)2)19-8-3-4-9-21(19)25-22/h3-9,16,25H,10-15H2,1-2H3. The van der Waals surface area contributed by atoms with Crippen molar-refractivity contribution in [2.45, 2.75) is 31.7 Å². The van der Waals surface area contributed by atoms with Crippen molar-refractivity contribution in [3.63, 3.8) is 0 Å². The zero-order valence-electron chi connectivity index (χ0n) is 16.7. The number of piperidine rings is 1. The van der Waals surface area contributed by atoms with E-state index in [2.05, 4.69) is 41.2 Å². The number of H-pyrrole nitrogens is 1. The van der Waals surface area contributed by atoms with Crippen LogP contribution in [0, 0.1) is 6.92 Å². The van der Waals surface area contributed by atoms with Gasteiger partial charge in [0.15, 0.2) is 0 Å². The van der Waals surface area contributed by atoms with Crippen LogP contribution in [-0.2, 0) is 12.0 Å². The van der Waals surface area contributed by atoms with E-state index in [9.17, 15) is 4.79 Å². The van der Waals surface area contributed by atoms with Crippen molar-refractivity contribution in [3.8, 4) is 0 Å². The maximum atomic E-state index is 13.0. The molecule has 1 N–H and O–H groups in total. The smallest absolute Gasteiger partial charge is 0.253 e. The highest BCUT2D eigenvalue weighted by Gasteiger charge is 2.45. The molecule has 1 spiro atoms. The Morgan fingerprint density at radius 3 is 2.61 bits per heavy atom. The summed E-state index contributed by atoms with van der Waals surface area (Å²) in [7, 11) is 2.24. The first-order valence-corrected chi connectivity index (χ1v) is 10.3. The number of rotatable bonds is 1. The van der Waals surface area contributed by atoms with Gasteiger partial charge in [-0.3, -0.25) is 9.69 Å². The predicted octanol–water partition coefficient (Wildman–Crippen LogP) is 4.10. The average Bonchev–Trinajstić information content (AvgIpc) is 3.11. The Morgan fingerprint density at radius 1 is 1.04 bits per heavy atom. The van der Waals surface area contributed by atoms with E-state index >= 15 is 0 Å². The second kappa shape index (κ2) is 6.49. The van der Waals surface area contributed by atoms with Crippen molar-refractivity contribution >= 4 is 16.8 Å². The lowest BCUT2D eigenvalue weighted by Crippen LogP contribution is -2.55. The molecule has 0 unspecified atom stereocenters. The topological polar surface area (TPSA) is 39.3 Å². The van der Waals surface area contributed by atoms with Crippen molar-refractivity contribution < 1.29 is 4.79 Å². The Morgan fingerprint density at radius 2 is 1.82 bits per heavy atom. The molecule has 4 nitrogen and oxygen atoms in total. The third-order valence-corrected chi connectivity index (χ3v) is 6.85. The molecule has 0 aliphatic carbocycles. The molecule has 2 aliphatic heterocycles. The predicted molar refractivity (Wildman–Crippen MR) is 113 cm³/mol. The minimum atomic E-state index is 0.00991. The quantitative estimate of drug-likeness (QED) is 0.698. The number of amides is 1. The first kappa shape index (κ1) is 17.5. The van der Waals surface area contributed by atoms with Gasteiger partial charge in [-0.1, -0.05) is 35.9 Å². The zero-order valence-corrected chi connectivity index (χ0v) is 16.7. The van der Waals surface area contributed by atoms with Gasteiger partial charge in [-0.25, -0.2) is 0 Å². The summed E-state index contributed by atoms with van der Waals surface area (Å²) < 4.78 is 0. The monoisotopic (exact) mass is 373 g/mol. The first-order chi connectivity index (χ1) is 13.6. The van der Waals surface area contributed by atoms with E-state index in [-0.39, 0.29) is 11.4 Å². The number of carbonyl (C=O) groups excluding carboxylic acids is 1. The summed E-state index contributed by atoms with van der Waals surface area (Å²) in [6.45, 7) is 4.70. The molecular formula is C24H27N3O. The van der Waals surface area contributed by atoms with Crippen molar-refractivity contribution in [2.24, 2.45) is 0 Å². The third kappa shape index (κ3) is 2.59. The Balaban J connectivity index is 1.45. The van der Waals surface area contributed by atoms with Gasteiger partial charge in [0.2, 0.25) is 0 Å². The van der Waals surface area contributed by atoms with E-state index < -0.39 is 0 Å². The molecule has 28 heavy (non-hydrogen) atoms. The van der Waals surface area contributed by atoms with Gasteiger partial charge in [-0.05, 0) is 57.0 Å². The molecule has 1 amide bonds. The summed E-state index contributed by atoms with van der Waals surface area (Å²) in [5.74, 6) is 0.161. The lowest BCUT2D eigenvalue weighted by atomic mass is 9.77. The number of fused-ring (bicyclic) bond motifs is 4. The van der Waals surface area contributed by atoms with Crippen LogP contribution in [0.25, 0.3) is 10.9 Å². The van der Waals surface area contributed by atoms with Crippen LogP contribution >= 0.6 is 0 Å². The van der Waals surface area contributed by atoms with E-state index in [1.165, 1.54) is 22.2 Å². The highest BCUT2D eigenvalue weighted by atomic mass is 16.2. The highest BCUT2D eigenvalue weighted by Crippen LogP contribution is 2.44. The number of hydrogen-bond acceptors (Lipinski definition) is 2. The number of nitrogens with zero attached hydrogens (tertiary/aromatic N) is 2. The van der Waals surface area contributed by atoms with Crippen molar-refractivity contribution in [3.05, 3.63) is 70.9 Å². The fourth-order valence-electron chi connectivity index (χ4n) is 5.21. The van der Waals surface area contributed by atoms with E-state index in [0.29, 0.717) is 0 Å². The number of likely N-dealkylation sites (tertiary alicyclic amines) is 1. The van der Waals surface area contributed by atoms with Crippen LogP contribution < -0.4 is 0 Å². The molecule has 2 aliphatic rings. The van der Waals surface area contributed by atoms with Gasteiger partial charge in [-0.15, -0.1) is 0 Å². The highest BCUT2D eigenvalue weighted by molar-refractivity contribution is 5.94. The summed E-state index contributed by atoms with van der Waals surface area (Å²) in [5.41, 5.74) is 6.04. The van der Waals surface area contributed by atoms with E-state index in [0.717, 1.165) is 50.0 Å². The first-order valence-electron chi connectivity index (χ1n) is 10.3. The Labute approximate surface area is 166 Å². The molecule has 1 fully saturated rings.